The van der Waals surface area contributed by atoms with Gasteiger partial charge in [0, 0.05) is 21.6 Å². The SMILES string of the molecule is COc1cccc(F)c1-c1c(Cl)cc2c(Br)ccnc2c1F. The van der Waals surface area contributed by atoms with Crippen LogP contribution in [0.1, 0.15) is 0 Å². The average Bonchev–Trinajstić information content (AvgIpc) is 2.50. The molecule has 1 heterocycles. The largest absolute Gasteiger partial charge is 0.496 e. The van der Waals surface area contributed by atoms with Crippen molar-refractivity contribution in [2.24, 2.45) is 0 Å². The fraction of sp³-hybridized carbons (Fsp3) is 0.0625. The Hall–Kier alpha value is -1.72. The predicted molar refractivity (Wildman–Crippen MR) is 86.4 cm³/mol. The molecule has 3 rings (SSSR count). The Labute approximate surface area is 138 Å². The van der Waals surface area contributed by atoms with Crippen LogP contribution in [-0.2, 0) is 0 Å². The predicted octanol–water partition coefficient (Wildman–Crippen LogP) is 5.60. The summed E-state index contributed by atoms with van der Waals surface area (Å²) in [5, 5.41) is 0.603. The number of rotatable bonds is 2. The first-order chi connectivity index (χ1) is 10.5. The summed E-state index contributed by atoms with van der Waals surface area (Å²) in [6.45, 7) is 0. The normalized spacial score (nSPS) is 11.0. The highest BCUT2D eigenvalue weighted by atomic mass is 79.9. The zero-order chi connectivity index (χ0) is 15.9. The molecular weight excluding hydrogens is 376 g/mol. The zero-order valence-corrected chi connectivity index (χ0v) is 13.7. The first-order valence-corrected chi connectivity index (χ1v) is 7.46. The van der Waals surface area contributed by atoms with Crippen LogP contribution in [0.25, 0.3) is 22.0 Å². The van der Waals surface area contributed by atoms with Gasteiger partial charge in [-0.05, 0) is 24.3 Å². The first kappa shape index (κ1) is 15.2. The van der Waals surface area contributed by atoms with Crippen molar-refractivity contribution in [3.63, 3.8) is 0 Å². The smallest absolute Gasteiger partial charge is 0.159 e. The zero-order valence-electron chi connectivity index (χ0n) is 11.3. The summed E-state index contributed by atoms with van der Waals surface area (Å²) < 4.78 is 34.9. The lowest BCUT2D eigenvalue weighted by Crippen LogP contribution is -1.97. The molecule has 0 bridgehead atoms. The molecule has 0 radical (unpaired) electrons. The second-order valence-corrected chi connectivity index (χ2v) is 5.81. The van der Waals surface area contributed by atoms with Gasteiger partial charge in [-0.1, -0.05) is 33.6 Å². The van der Waals surface area contributed by atoms with Crippen LogP contribution in [0.5, 0.6) is 5.75 Å². The minimum Gasteiger partial charge on any atom is -0.496 e. The van der Waals surface area contributed by atoms with E-state index >= 15 is 0 Å². The van der Waals surface area contributed by atoms with E-state index in [4.69, 9.17) is 16.3 Å². The summed E-state index contributed by atoms with van der Waals surface area (Å²) in [5.41, 5.74) is 0.0324. The van der Waals surface area contributed by atoms with Crippen LogP contribution < -0.4 is 4.74 Å². The summed E-state index contributed by atoms with van der Waals surface area (Å²) in [6.07, 6.45) is 1.46. The molecule has 2 aromatic carbocycles. The van der Waals surface area contributed by atoms with Crippen molar-refractivity contribution in [3.05, 3.63) is 57.7 Å². The highest BCUT2D eigenvalue weighted by Crippen LogP contribution is 2.42. The van der Waals surface area contributed by atoms with Crippen molar-refractivity contribution < 1.29 is 13.5 Å². The van der Waals surface area contributed by atoms with Crippen LogP contribution >= 0.6 is 27.5 Å². The van der Waals surface area contributed by atoms with Gasteiger partial charge in [-0.2, -0.15) is 0 Å². The minimum atomic E-state index is -0.688. The van der Waals surface area contributed by atoms with E-state index in [1.165, 1.54) is 25.4 Å². The molecule has 0 spiro atoms. The molecule has 0 amide bonds. The number of fused-ring (bicyclic) bond motifs is 1. The molecule has 0 fully saturated rings. The summed E-state index contributed by atoms with van der Waals surface area (Å²) in [4.78, 5) is 4.03. The quantitative estimate of drug-likeness (QED) is 0.573. The number of nitrogens with zero attached hydrogens (tertiary/aromatic N) is 1. The molecule has 2 nitrogen and oxygen atoms in total. The van der Waals surface area contributed by atoms with Gasteiger partial charge in [-0.15, -0.1) is 0 Å². The molecule has 0 unspecified atom stereocenters. The number of methoxy groups -OCH3 is 1. The van der Waals surface area contributed by atoms with E-state index < -0.39 is 11.6 Å². The molecular formula is C16H9BrClF2NO. The standard InChI is InChI=1S/C16H9BrClF2NO/c1-22-12-4-2-3-11(19)14(12)13-10(18)7-8-9(17)5-6-21-16(8)15(13)20/h2-7H,1H3. The van der Waals surface area contributed by atoms with E-state index in [0.717, 1.165) is 0 Å². The maximum atomic E-state index is 14.9. The van der Waals surface area contributed by atoms with E-state index in [1.807, 2.05) is 0 Å². The lowest BCUT2D eigenvalue weighted by Gasteiger charge is -2.14. The van der Waals surface area contributed by atoms with E-state index in [0.29, 0.717) is 9.86 Å². The average molecular weight is 385 g/mol. The van der Waals surface area contributed by atoms with E-state index in [2.05, 4.69) is 20.9 Å². The van der Waals surface area contributed by atoms with Crippen LogP contribution in [0.2, 0.25) is 5.02 Å². The second kappa shape index (κ2) is 5.82. The van der Waals surface area contributed by atoms with Gasteiger partial charge in [0.25, 0.3) is 0 Å². The van der Waals surface area contributed by atoms with Gasteiger partial charge in [0.15, 0.2) is 5.82 Å². The van der Waals surface area contributed by atoms with Crippen molar-refractivity contribution in [2.45, 2.75) is 0 Å². The van der Waals surface area contributed by atoms with Gasteiger partial charge in [0.1, 0.15) is 17.1 Å². The molecule has 1 aromatic heterocycles. The van der Waals surface area contributed by atoms with E-state index in [1.54, 1.807) is 18.2 Å². The second-order valence-electron chi connectivity index (χ2n) is 4.55. The molecule has 22 heavy (non-hydrogen) atoms. The first-order valence-electron chi connectivity index (χ1n) is 6.29. The van der Waals surface area contributed by atoms with E-state index in [-0.39, 0.29) is 27.4 Å². The number of halogens is 4. The van der Waals surface area contributed by atoms with Gasteiger partial charge >= 0.3 is 0 Å². The fourth-order valence-corrected chi connectivity index (χ4v) is 3.04. The maximum Gasteiger partial charge on any atom is 0.159 e. The number of ether oxygens (including phenoxy) is 1. The van der Waals surface area contributed by atoms with Crippen molar-refractivity contribution in [2.75, 3.05) is 7.11 Å². The third kappa shape index (κ3) is 2.34. The lowest BCUT2D eigenvalue weighted by molar-refractivity contribution is 0.413. The summed E-state index contributed by atoms with van der Waals surface area (Å²) in [7, 11) is 1.39. The van der Waals surface area contributed by atoms with E-state index in [9.17, 15) is 8.78 Å². The Bertz CT molecular complexity index is 886. The van der Waals surface area contributed by atoms with Gasteiger partial charge in [0.2, 0.25) is 0 Å². The van der Waals surface area contributed by atoms with Crippen LogP contribution in [0.3, 0.4) is 0 Å². The van der Waals surface area contributed by atoms with Crippen LogP contribution in [0.4, 0.5) is 8.78 Å². The Morgan fingerprint density at radius 2 is 1.95 bits per heavy atom. The van der Waals surface area contributed by atoms with Gasteiger partial charge in [0.05, 0.1) is 17.7 Å². The Balaban J connectivity index is 2.43. The topological polar surface area (TPSA) is 22.1 Å². The van der Waals surface area contributed by atoms with Crippen molar-refractivity contribution in [1.29, 1.82) is 0 Å². The molecule has 0 saturated carbocycles. The summed E-state index contributed by atoms with van der Waals surface area (Å²) >= 11 is 9.53. The highest BCUT2D eigenvalue weighted by molar-refractivity contribution is 9.10. The molecule has 6 heteroatoms. The monoisotopic (exact) mass is 383 g/mol. The minimum absolute atomic E-state index is 0.0174. The molecule has 112 valence electrons. The van der Waals surface area contributed by atoms with Crippen LogP contribution in [0, 0.1) is 11.6 Å². The Kier molecular flexibility index (Phi) is 4.02. The number of aromatic nitrogens is 1. The number of pyridine rings is 1. The summed E-state index contributed by atoms with van der Waals surface area (Å²) in [6, 6.07) is 7.50. The molecule has 0 N–H and O–H groups in total. The fourth-order valence-electron chi connectivity index (χ4n) is 2.33. The van der Waals surface area contributed by atoms with Crippen molar-refractivity contribution >= 4 is 38.4 Å². The van der Waals surface area contributed by atoms with Gasteiger partial charge < -0.3 is 4.74 Å². The van der Waals surface area contributed by atoms with Gasteiger partial charge in [-0.25, -0.2) is 8.78 Å². The number of hydrogen-bond donors (Lipinski definition) is 0. The number of benzene rings is 2. The number of hydrogen-bond acceptors (Lipinski definition) is 2. The van der Waals surface area contributed by atoms with Gasteiger partial charge in [-0.3, -0.25) is 4.98 Å². The molecule has 0 aliphatic carbocycles. The summed E-state index contributed by atoms with van der Waals surface area (Å²) in [5.74, 6) is -1.10. The molecule has 0 aliphatic heterocycles. The molecule has 0 atom stereocenters. The van der Waals surface area contributed by atoms with Crippen LogP contribution in [-0.4, -0.2) is 12.1 Å². The van der Waals surface area contributed by atoms with Crippen molar-refractivity contribution in [1.82, 2.24) is 4.98 Å². The lowest BCUT2D eigenvalue weighted by atomic mass is 10.0. The third-order valence-corrected chi connectivity index (χ3v) is 4.31. The van der Waals surface area contributed by atoms with Crippen molar-refractivity contribution in [3.8, 4) is 16.9 Å². The molecule has 0 saturated heterocycles. The molecule has 0 aliphatic rings. The van der Waals surface area contributed by atoms with Crippen LogP contribution in [0.15, 0.2) is 41.0 Å². The Morgan fingerprint density at radius 3 is 2.68 bits per heavy atom. The maximum absolute atomic E-state index is 14.9. The molecule has 3 aromatic rings. The highest BCUT2D eigenvalue weighted by Gasteiger charge is 2.22. The third-order valence-electron chi connectivity index (χ3n) is 3.32. The Morgan fingerprint density at radius 1 is 1.18 bits per heavy atom.